The first kappa shape index (κ1) is 15.9. The maximum Gasteiger partial charge on any atom is 0.294 e. The Morgan fingerprint density at radius 3 is 2.55 bits per heavy atom. The summed E-state index contributed by atoms with van der Waals surface area (Å²) >= 11 is 0. The number of carbonyl (C=O) groups is 1. The van der Waals surface area contributed by atoms with Gasteiger partial charge in [-0.2, -0.15) is 0 Å². The quantitative estimate of drug-likeness (QED) is 0.419. The average Bonchev–Trinajstić information content (AvgIpc) is 2.36. The molecule has 20 heavy (non-hydrogen) atoms. The van der Waals surface area contributed by atoms with Crippen molar-refractivity contribution in [3.63, 3.8) is 0 Å². The SMILES string of the molecule is CC(C)CC(C)NC(=O)c1cccc([N+](=O)[O-])c1NN. The molecule has 0 heterocycles. The summed E-state index contributed by atoms with van der Waals surface area (Å²) in [7, 11) is 0. The number of nitro benzene ring substituents is 1. The van der Waals surface area contributed by atoms with Gasteiger partial charge in [0.1, 0.15) is 5.69 Å². The van der Waals surface area contributed by atoms with E-state index >= 15 is 0 Å². The van der Waals surface area contributed by atoms with E-state index in [1.807, 2.05) is 6.92 Å². The third-order valence-corrected chi connectivity index (χ3v) is 2.83. The number of carbonyl (C=O) groups excluding carboxylic acids is 1. The number of nitrogens with two attached hydrogens (primary N) is 1. The molecule has 1 rings (SSSR count). The Labute approximate surface area is 117 Å². The number of benzene rings is 1. The molecule has 1 unspecified atom stereocenters. The van der Waals surface area contributed by atoms with Crippen molar-refractivity contribution in [2.24, 2.45) is 11.8 Å². The molecule has 0 radical (unpaired) electrons. The second kappa shape index (κ2) is 6.85. The fraction of sp³-hybridized carbons (Fsp3) is 0.462. The molecule has 4 N–H and O–H groups in total. The molecule has 0 saturated heterocycles. The summed E-state index contributed by atoms with van der Waals surface area (Å²) in [5.74, 6) is 5.37. The van der Waals surface area contributed by atoms with E-state index < -0.39 is 4.92 Å². The van der Waals surface area contributed by atoms with E-state index in [1.165, 1.54) is 18.2 Å². The van der Waals surface area contributed by atoms with Crippen LogP contribution in [0.1, 0.15) is 37.6 Å². The number of hydrogen-bond donors (Lipinski definition) is 3. The van der Waals surface area contributed by atoms with Crippen LogP contribution < -0.4 is 16.6 Å². The molecular weight excluding hydrogens is 260 g/mol. The summed E-state index contributed by atoms with van der Waals surface area (Å²) in [6.07, 6.45) is 0.825. The molecule has 110 valence electrons. The van der Waals surface area contributed by atoms with Gasteiger partial charge in [0.15, 0.2) is 0 Å². The molecule has 0 aromatic heterocycles. The van der Waals surface area contributed by atoms with E-state index in [4.69, 9.17) is 5.84 Å². The molecule has 1 aromatic rings. The van der Waals surface area contributed by atoms with Crippen LogP contribution in [-0.4, -0.2) is 16.9 Å². The van der Waals surface area contributed by atoms with E-state index in [-0.39, 0.29) is 28.9 Å². The molecule has 0 aliphatic rings. The first-order valence-corrected chi connectivity index (χ1v) is 6.41. The van der Waals surface area contributed by atoms with Crippen molar-refractivity contribution < 1.29 is 9.72 Å². The van der Waals surface area contributed by atoms with Gasteiger partial charge in [-0.25, -0.2) is 0 Å². The van der Waals surface area contributed by atoms with Crippen molar-refractivity contribution in [2.45, 2.75) is 33.2 Å². The summed E-state index contributed by atoms with van der Waals surface area (Å²) in [6.45, 7) is 6.01. The topological polar surface area (TPSA) is 110 Å². The minimum Gasteiger partial charge on any atom is -0.350 e. The molecule has 0 spiro atoms. The van der Waals surface area contributed by atoms with Gasteiger partial charge >= 0.3 is 0 Å². The number of nitrogen functional groups attached to an aromatic ring is 1. The largest absolute Gasteiger partial charge is 0.350 e. The van der Waals surface area contributed by atoms with Gasteiger partial charge in [0.05, 0.1) is 10.5 Å². The van der Waals surface area contributed by atoms with Gasteiger partial charge in [0.25, 0.3) is 11.6 Å². The smallest absolute Gasteiger partial charge is 0.294 e. The number of nitrogens with one attached hydrogen (secondary N) is 2. The zero-order chi connectivity index (χ0) is 15.3. The molecule has 7 heteroatoms. The molecule has 0 saturated carbocycles. The number of para-hydroxylation sites is 1. The lowest BCUT2D eigenvalue weighted by Gasteiger charge is -2.17. The van der Waals surface area contributed by atoms with Gasteiger partial charge in [0.2, 0.25) is 0 Å². The number of anilines is 1. The first-order chi connectivity index (χ1) is 9.36. The van der Waals surface area contributed by atoms with Crippen LogP contribution in [0.25, 0.3) is 0 Å². The van der Waals surface area contributed by atoms with Crippen molar-refractivity contribution >= 4 is 17.3 Å². The Bertz CT molecular complexity index is 502. The predicted molar refractivity (Wildman–Crippen MR) is 77.3 cm³/mol. The monoisotopic (exact) mass is 280 g/mol. The number of nitrogens with zero attached hydrogens (tertiary/aromatic N) is 1. The average molecular weight is 280 g/mol. The Morgan fingerprint density at radius 2 is 2.05 bits per heavy atom. The van der Waals surface area contributed by atoms with Crippen molar-refractivity contribution in [3.05, 3.63) is 33.9 Å². The summed E-state index contributed by atoms with van der Waals surface area (Å²) in [5, 5.41) is 13.7. The zero-order valence-corrected chi connectivity index (χ0v) is 11.8. The molecule has 1 aromatic carbocycles. The van der Waals surface area contributed by atoms with Crippen LogP contribution in [0.2, 0.25) is 0 Å². The molecular formula is C13H20N4O3. The lowest BCUT2D eigenvalue weighted by Crippen LogP contribution is -2.34. The van der Waals surface area contributed by atoms with Crippen LogP contribution in [-0.2, 0) is 0 Å². The highest BCUT2D eigenvalue weighted by molar-refractivity contribution is 6.01. The van der Waals surface area contributed by atoms with Crippen LogP contribution in [0.3, 0.4) is 0 Å². The highest BCUT2D eigenvalue weighted by Gasteiger charge is 2.21. The third kappa shape index (κ3) is 3.92. The van der Waals surface area contributed by atoms with Crippen LogP contribution >= 0.6 is 0 Å². The Morgan fingerprint density at radius 1 is 1.40 bits per heavy atom. The fourth-order valence-electron chi connectivity index (χ4n) is 2.10. The lowest BCUT2D eigenvalue weighted by atomic mass is 10.0. The van der Waals surface area contributed by atoms with Gasteiger partial charge in [-0.05, 0) is 25.3 Å². The van der Waals surface area contributed by atoms with Crippen LogP contribution in [0.5, 0.6) is 0 Å². The van der Waals surface area contributed by atoms with E-state index in [0.717, 1.165) is 6.42 Å². The highest BCUT2D eigenvalue weighted by atomic mass is 16.6. The molecule has 0 bridgehead atoms. The second-order valence-electron chi connectivity index (χ2n) is 5.11. The first-order valence-electron chi connectivity index (χ1n) is 6.41. The van der Waals surface area contributed by atoms with Gasteiger partial charge in [-0.3, -0.25) is 20.8 Å². The normalized spacial score (nSPS) is 12.1. The number of amides is 1. The molecule has 1 atom stereocenters. The fourth-order valence-corrected chi connectivity index (χ4v) is 2.10. The molecule has 1 amide bonds. The van der Waals surface area contributed by atoms with Crippen molar-refractivity contribution in [2.75, 3.05) is 5.43 Å². The highest BCUT2D eigenvalue weighted by Crippen LogP contribution is 2.27. The van der Waals surface area contributed by atoms with Crippen molar-refractivity contribution in [3.8, 4) is 0 Å². The number of hydrogen-bond acceptors (Lipinski definition) is 5. The van der Waals surface area contributed by atoms with E-state index in [2.05, 4.69) is 24.6 Å². The second-order valence-corrected chi connectivity index (χ2v) is 5.11. The van der Waals surface area contributed by atoms with Crippen LogP contribution in [0.4, 0.5) is 11.4 Å². The Kier molecular flexibility index (Phi) is 5.45. The summed E-state index contributed by atoms with van der Waals surface area (Å²) < 4.78 is 0. The molecule has 0 aliphatic heterocycles. The minimum absolute atomic E-state index is 0.0201. The minimum atomic E-state index is -0.580. The Balaban J connectivity index is 2.98. The molecule has 7 nitrogen and oxygen atoms in total. The molecule has 0 aliphatic carbocycles. The zero-order valence-electron chi connectivity index (χ0n) is 11.8. The maximum absolute atomic E-state index is 12.2. The standard InChI is InChI=1S/C13H20N4O3/c1-8(2)7-9(3)15-13(18)10-5-4-6-11(17(19)20)12(10)16-14/h4-6,8-9,16H,7,14H2,1-3H3,(H,15,18). The van der Waals surface area contributed by atoms with Gasteiger partial charge in [-0.15, -0.1) is 0 Å². The third-order valence-electron chi connectivity index (χ3n) is 2.83. The van der Waals surface area contributed by atoms with Gasteiger partial charge in [-0.1, -0.05) is 19.9 Å². The van der Waals surface area contributed by atoms with E-state index in [1.54, 1.807) is 0 Å². The lowest BCUT2D eigenvalue weighted by molar-refractivity contribution is -0.384. The van der Waals surface area contributed by atoms with E-state index in [0.29, 0.717) is 5.92 Å². The van der Waals surface area contributed by atoms with Crippen LogP contribution in [0, 0.1) is 16.0 Å². The summed E-state index contributed by atoms with van der Waals surface area (Å²) in [6, 6.07) is 4.23. The summed E-state index contributed by atoms with van der Waals surface area (Å²) in [5.41, 5.74) is 2.20. The maximum atomic E-state index is 12.2. The molecule has 0 fully saturated rings. The number of nitro groups is 1. The van der Waals surface area contributed by atoms with Crippen LogP contribution in [0.15, 0.2) is 18.2 Å². The van der Waals surface area contributed by atoms with Gasteiger partial charge in [0, 0.05) is 12.1 Å². The van der Waals surface area contributed by atoms with Crippen molar-refractivity contribution in [1.82, 2.24) is 5.32 Å². The van der Waals surface area contributed by atoms with Crippen molar-refractivity contribution in [1.29, 1.82) is 0 Å². The number of rotatable bonds is 6. The predicted octanol–water partition coefficient (Wildman–Crippen LogP) is 2.04. The number of hydrazine groups is 1. The Hall–Kier alpha value is -2.15. The van der Waals surface area contributed by atoms with Gasteiger partial charge < -0.3 is 10.7 Å². The van der Waals surface area contributed by atoms with E-state index in [9.17, 15) is 14.9 Å². The summed E-state index contributed by atoms with van der Waals surface area (Å²) in [4.78, 5) is 22.5.